The van der Waals surface area contributed by atoms with Crippen molar-refractivity contribution >= 4 is 0 Å². The van der Waals surface area contributed by atoms with Gasteiger partial charge < -0.3 is 5.11 Å². The van der Waals surface area contributed by atoms with Crippen molar-refractivity contribution in [1.82, 2.24) is 4.90 Å². The lowest BCUT2D eigenvalue weighted by Crippen LogP contribution is -2.46. The van der Waals surface area contributed by atoms with Crippen LogP contribution in [0.4, 0.5) is 0 Å². The maximum Gasteiger partial charge on any atom is 0.110 e. The van der Waals surface area contributed by atoms with Gasteiger partial charge in [0.15, 0.2) is 0 Å². The first kappa shape index (κ1) is 7.56. The summed E-state index contributed by atoms with van der Waals surface area (Å²) in [5.41, 5.74) is 0. The summed E-state index contributed by atoms with van der Waals surface area (Å²) in [6.07, 6.45) is 2.40. The maximum atomic E-state index is 9.76. The largest absolute Gasteiger partial charge is 0.378 e. The van der Waals surface area contributed by atoms with E-state index in [-0.39, 0.29) is 6.23 Å². The van der Waals surface area contributed by atoms with E-state index in [1.165, 1.54) is 12.8 Å². The molecule has 11 heavy (non-hydrogen) atoms. The number of rotatable bonds is 0. The van der Waals surface area contributed by atoms with Gasteiger partial charge in [-0.15, -0.1) is 0 Å². The molecular weight excluding hydrogens is 138 g/mol. The highest BCUT2D eigenvalue weighted by Gasteiger charge is 2.43. The van der Waals surface area contributed by atoms with Crippen LogP contribution in [-0.4, -0.2) is 29.8 Å². The van der Waals surface area contributed by atoms with Crippen molar-refractivity contribution in [3.8, 4) is 0 Å². The monoisotopic (exact) mass is 155 g/mol. The van der Waals surface area contributed by atoms with Gasteiger partial charge >= 0.3 is 0 Å². The van der Waals surface area contributed by atoms with E-state index >= 15 is 0 Å². The lowest BCUT2D eigenvalue weighted by molar-refractivity contribution is -0.0703. The van der Waals surface area contributed by atoms with Crippen molar-refractivity contribution in [3.05, 3.63) is 0 Å². The maximum absolute atomic E-state index is 9.76. The van der Waals surface area contributed by atoms with Gasteiger partial charge in [0.2, 0.25) is 0 Å². The molecule has 1 saturated carbocycles. The van der Waals surface area contributed by atoms with E-state index in [0.717, 1.165) is 18.4 Å². The predicted octanol–water partition coefficient (Wildman–Crippen LogP) is 0.913. The van der Waals surface area contributed by atoms with Gasteiger partial charge in [-0.25, -0.2) is 0 Å². The Morgan fingerprint density at radius 3 is 2.82 bits per heavy atom. The first-order valence-corrected chi connectivity index (χ1v) is 4.58. The van der Waals surface area contributed by atoms with Gasteiger partial charge in [0, 0.05) is 12.5 Å². The minimum absolute atomic E-state index is 0.163. The van der Waals surface area contributed by atoms with E-state index in [1.54, 1.807) is 0 Å². The number of piperidine rings is 1. The fourth-order valence-corrected chi connectivity index (χ4v) is 2.76. The van der Waals surface area contributed by atoms with Gasteiger partial charge in [0.05, 0.1) is 0 Å². The molecule has 0 radical (unpaired) electrons. The van der Waals surface area contributed by atoms with Crippen molar-refractivity contribution in [2.24, 2.45) is 17.8 Å². The SMILES string of the molecule is CC1C2CCC1C(O)N(C)C2. The molecule has 0 aromatic carbocycles. The second-order valence-corrected chi connectivity index (χ2v) is 4.21. The fraction of sp³-hybridized carbons (Fsp3) is 1.00. The Hall–Kier alpha value is -0.0800. The average Bonchev–Trinajstić information content (AvgIpc) is 2.23. The Morgan fingerprint density at radius 1 is 1.36 bits per heavy atom. The summed E-state index contributed by atoms with van der Waals surface area (Å²) >= 11 is 0. The highest BCUT2D eigenvalue weighted by Crippen LogP contribution is 2.43. The first-order chi connectivity index (χ1) is 5.20. The van der Waals surface area contributed by atoms with Crippen LogP contribution < -0.4 is 0 Å². The molecule has 0 aromatic heterocycles. The molecule has 4 atom stereocenters. The normalized spacial score (nSPS) is 51.5. The van der Waals surface area contributed by atoms with E-state index in [9.17, 15) is 5.11 Å². The molecule has 64 valence electrons. The first-order valence-electron chi connectivity index (χ1n) is 4.58. The molecule has 2 nitrogen and oxygen atoms in total. The van der Waals surface area contributed by atoms with Crippen molar-refractivity contribution in [2.45, 2.75) is 26.0 Å². The Labute approximate surface area is 68.2 Å². The van der Waals surface area contributed by atoms with Crippen molar-refractivity contribution in [1.29, 1.82) is 0 Å². The summed E-state index contributed by atoms with van der Waals surface area (Å²) in [4.78, 5) is 2.10. The van der Waals surface area contributed by atoms with E-state index in [0.29, 0.717) is 5.92 Å². The van der Waals surface area contributed by atoms with Crippen molar-refractivity contribution in [3.63, 3.8) is 0 Å². The van der Waals surface area contributed by atoms with E-state index < -0.39 is 0 Å². The van der Waals surface area contributed by atoms with Crippen LogP contribution in [-0.2, 0) is 0 Å². The molecule has 2 bridgehead atoms. The average molecular weight is 155 g/mol. The molecule has 2 fully saturated rings. The summed E-state index contributed by atoms with van der Waals surface area (Å²) in [7, 11) is 2.03. The molecule has 4 unspecified atom stereocenters. The third-order valence-corrected chi connectivity index (χ3v) is 3.65. The summed E-state index contributed by atoms with van der Waals surface area (Å²) in [5, 5.41) is 9.76. The molecule has 0 amide bonds. The second-order valence-electron chi connectivity index (χ2n) is 4.21. The third kappa shape index (κ3) is 1.00. The zero-order chi connectivity index (χ0) is 8.01. The molecule has 0 spiro atoms. The van der Waals surface area contributed by atoms with Gasteiger partial charge in [0.25, 0.3) is 0 Å². The van der Waals surface area contributed by atoms with E-state index in [2.05, 4.69) is 11.8 Å². The standard InChI is InChI=1S/C9H17NO/c1-6-7-3-4-8(6)9(11)10(2)5-7/h6-9,11H,3-5H2,1-2H3. The topological polar surface area (TPSA) is 23.5 Å². The quantitative estimate of drug-likeness (QED) is 0.562. The number of fused-ring (bicyclic) bond motifs is 2. The molecule has 1 N–H and O–H groups in total. The van der Waals surface area contributed by atoms with Gasteiger partial charge in [0.1, 0.15) is 6.23 Å². The minimum Gasteiger partial charge on any atom is -0.378 e. The molecule has 1 aliphatic carbocycles. The lowest BCUT2D eigenvalue weighted by atomic mass is 9.86. The summed E-state index contributed by atoms with van der Waals surface area (Å²) in [5.74, 6) is 2.16. The number of hydrogen-bond acceptors (Lipinski definition) is 2. The highest BCUT2D eigenvalue weighted by atomic mass is 16.3. The third-order valence-electron chi connectivity index (χ3n) is 3.65. The van der Waals surface area contributed by atoms with Gasteiger partial charge in [-0.3, -0.25) is 4.90 Å². The lowest BCUT2D eigenvalue weighted by Gasteiger charge is -2.38. The van der Waals surface area contributed by atoms with Gasteiger partial charge in [-0.2, -0.15) is 0 Å². The molecule has 2 heteroatoms. The van der Waals surface area contributed by atoms with Gasteiger partial charge in [-0.1, -0.05) is 6.92 Å². The molecule has 1 saturated heterocycles. The fourth-order valence-electron chi connectivity index (χ4n) is 2.76. The smallest absolute Gasteiger partial charge is 0.110 e. The molecule has 1 aliphatic heterocycles. The van der Waals surface area contributed by atoms with Gasteiger partial charge in [-0.05, 0) is 31.7 Å². The molecular formula is C9H17NO. The van der Waals surface area contributed by atoms with Crippen LogP contribution in [0, 0.1) is 17.8 Å². The van der Waals surface area contributed by atoms with Crippen LogP contribution in [0.5, 0.6) is 0 Å². The summed E-state index contributed by atoms with van der Waals surface area (Å²) in [6, 6.07) is 0. The van der Waals surface area contributed by atoms with Crippen LogP contribution in [0.3, 0.4) is 0 Å². The number of aliphatic hydroxyl groups is 1. The zero-order valence-corrected chi connectivity index (χ0v) is 7.33. The summed E-state index contributed by atoms with van der Waals surface area (Å²) in [6.45, 7) is 3.39. The molecule has 2 rings (SSSR count). The number of likely N-dealkylation sites (tertiary alicyclic amines) is 1. The van der Waals surface area contributed by atoms with Crippen LogP contribution in [0.2, 0.25) is 0 Å². The predicted molar refractivity (Wildman–Crippen MR) is 44.0 cm³/mol. The Bertz CT molecular complexity index is 160. The van der Waals surface area contributed by atoms with E-state index in [1.807, 2.05) is 7.05 Å². The van der Waals surface area contributed by atoms with Crippen molar-refractivity contribution < 1.29 is 5.11 Å². The Balaban J connectivity index is 2.16. The highest BCUT2D eigenvalue weighted by molar-refractivity contribution is 4.91. The zero-order valence-electron chi connectivity index (χ0n) is 7.33. The number of aliphatic hydroxyl groups excluding tert-OH is 1. The molecule has 1 heterocycles. The van der Waals surface area contributed by atoms with Crippen LogP contribution in [0.15, 0.2) is 0 Å². The summed E-state index contributed by atoms with van der Waals surface area (Å²) < 4.78 is 0. The molecule has 2 aliphatic rings. The number of nitrogens with zero attached hydrogens (tertiary/aromatic N) is 1. The Morgan fingerprint density at radius 2 is 2.09 bits per heavy atom. The van der Waals surface area contributed by atoms with E-state index in [4.69, 9.17) is 0 Å². The molecule has 0 aromatic rings. The minimum atomic E-state index is -0.163. The second kappa shape index (κ2) is 2.46. The Kier molecular flexibility index (Phi) is 1.69. The van der Waals surface area contributed by atoms with Crippen LogP contribution in [0.25, 0.3) is 0 Å². The number of hydrogen-bond donors (Lipinski definition) is 1. The van der Waals surface area contributed by atoms with Crippen molar-refractivity contribution in [2.75, 3.05) is 13.6 Å². The van der Waals surface area contributed by atoms with Crippen LogP contribution >= 0.6 is 0 Å². The van der Waals surface area contributed by atoms with Crippen LogP contribution in [0.1, 0.15) is 19.8 Å².